The predicted octanol–water partition coefficient (Wildman–Crippen LogP) is 0.732. The van der Waals surface area contributed by atoms with E-state index in [-0.39, 0.29) is 11.1 Å². The molecule has 0 aliphatic rings. The highest BCUT2D eigenvalue weighted by molar-refractivity contribution is 5.92. The number of nitrogens with zero attached hydrogens (tertiary/aromatic N) is 1. The summed E-state index contributed by atoms with van der Waals surface area (Å²) in [5, 5.41) is 0.253. The van der Waals surface area contributed by atoms with Crippen molar-refractivity contribution in [2.45, 2.75) is 0 Å². The van der Waals surface area contributed by atoms with E-state index in [4.69, 9.17) is 4.42 Å². The van der Waals surface area contributed by atoms with Gasteiger partial charge in [-0.3, -0.25) is 0 Å². The van der Waals surface area contributed by atoms with Crippen molar-refractivity contribution in [1.29, 1.82) is 0 Å². The van der Waals surface area contributed by atoms with Gasteiger partial charge in [0.05, 0.1) is 5.39 Å². The second-order valence-corrected chi connectivity index (χ2v) is 2.85. The van der Waals surface area contributed by atoms with Crippen molar-refractivity contribution in [3.8, 4) is 0 Å². The minimum Gasteiger partial charge on any atom is -0.431 e. The molecule has 1 aromatic carbocycles. The van der Waals surface area contributed by atoms with E-state index in [1.165, 1.54) is 6.07 Å². The Hall–Kier alpha value is -2.17. The van der Waals surface area contributed by atoms with E-state index in [0.29, 0.717) is 11.1 Å². The van der Waals surface area contributed by atoms with Gasteiger partial charge in [0, 0.05) is 0 Å². The molecule has 0 saturated carbocycles. The summed E-state index contributed by atoms with van der Waals surface area (Å²) in [6, 6.07) is 4.82. The molecule has 0 aliphatic heterocycles. The zero-order chi connectivity index (χ0) is 9.71. The van der Waals surface area contributed by atoms with Gasteiger partial charge in [-0.25, -0.2) is 14.6 Å². The van der Waals surface area contributed by atoms with Crippen molar-refractivity contribution in [2.24, 2.45) is 0 Å². The summed E-state index contributed by atoms with van der Waals surface area (Å²) < 4.78 is 9.53. The fourth-order valence-electron chi connectivity index (χ4n) is 1.38. The SMILES string of the molecule is O=c1oc(=O)c2cccc3oc1nc32. The molecular formula is C9H3NO4. The molecule has 2 heterocycles. The lowest BCUT2D eigenvalue weighted by Crippen LogP contribution is -2.05. The molecule has 68 valence electrons. The lowest BCUT2D eigenvalue weighted by Gasteiger charge is -1.86. The van der Waals surface area contributed by atoms with Crippen molar-refractivity contribution < 1.29 is 8.83 Å². The van der Waals surface area contributed by atoms with Gasteiger partial charge < -0.3 is 8.83 Å². The highest BCUT2D eigenvalue weighted by Crippen LogP contribution is 2.17. The summed E-state index contributed by atoms with van der Waals surface area (Å²) in [5.41, 5.74) is -0.922. The lowest BCUT2D eigenvalue weighted by molar-refractivity contribution is 0.474. The minimum atomic E-state index is -0.846. The molecule has 14 heavy (non-hydrogen) atoms. The van der Waals surface area contributed by atoms with Crippen molar-refractivity contribution >= 4 is 22.2 Å². The van der Waals surface area contributed by atoms with Gasteiger partial charge in [-0.1, -0.05) is 6.07 Å². The van der Waals surface area contributed by atoms with Gasteiger partial charge in [-0.15, -0.1) is 0 Å². The van der Waals surface area contributed by atoms with Crippen LogP contribution in [0.4, 0.5) is 0 Å². The average molecular weight is 189 g/mol. The summed E-state index contributed by atoms with van der Waals surface area (Å²) in [4.78, 5) is 26.3. The Bertz CT molecular complexity index is 724. The molecule has 2 aromatic heterocycles. The molecule has 0 amide bonds. The maximum absolute atomic E-state index is 11.3. The van der Waals surface area contributed by atoms with Crippen LogP contribution in [0.15, 0.2) is 36.6 Å². The number of oxazole rings is 1. The zero-order valence-electron chi connectivity index (χ0n) is 6.81. The van der Waals surface area contributed by atoms with Crippen molar-refractivity contribution in [1.82, 2.24) is 4.98 Å². The van der Waals surface area contributed by atoms with Gasteiger partial charge in [-0.2, -0.15) is 0 Å². The minimum absolute atomic E-state index is 0.182. The van der Waals surface area contributed by atoms with Crippen LogP contribution in [0.3, 0.4) is 0 Å². The molecule has 0 unspecified atom stereocenters. The maximum atomic E-state index is 11.3. The number of fused-ring (bicyclic) bond motifs is 1. The van der Waals surface area contributed by atoms with Crippen molar-refractivity contribution in [2.75, 3.05) is 0 Å². The van der Waals surface area contributed by atoms with Crippen LogP contribution in [0.1, 0.15) is 0 Å². The number of benzene rings is 1. The fourth-order valence-corrected chi connectivity index (χ4v) is 1.38. The van der Waals surface area contributed by atoms with Crippen LogP contribution in [-0.2, 0) is 0 Å². The summed E-state index contributed by atoms with van der Waals surface area (Å²) in [6.07, 6.45) is 0. The van der Waals surface area contributed by atoms with Crippen LogP contribution >= 0.6 is 0 Å². The number of hydrogen-bond donors (Lipinski definition) is 0. The molecule has 0 N–H and O–H groups in total. The number of hydrogen-bond acceptors (Lipinski definition) is 5. The molecule has 0 atom stereocenters. The van der Waals surface area contributed by atoms with Gasteiger partial charge in [0.15, 0.2) is 5.58 Å². The van der Waals surface area contributed by atoms with E-state index in [2.05, 4.69) is 9.40 Å². The first-order valence-electron chi connectivity index (χ1n) is 3.92. The Morgan fingerprint density at radius 2 is 1.93 bits per heavy atom. The van der Waals surface area contributed by atoms with Crippen LogP contribution in [0.2, 0.25) is 0 Å². The Morgan fingerprint density at radius 1 is 1.07 bits per heavy atom. The van der Waals surface area contributed by atoms with E-state index in [9.17, 15) is 9.59 Å². The number of rotatable bonds is 0. The number of para-hydroxylation sites is 1. The van der Waals surface area contributed by atoms with E-state index >= 15 is 0 Å². The summed E-state index contributed by atoms with van der Waals surface area (Å²) >= 11 is 0. The van der Waals surface area contributed by atoms with E-state index < -0.39 is 11.3 Å². The van der Waals surface area contributed by atoms with Crippen LogP contribution in [0.5, 0.6) is 0 Å². The second-order valence-electron chi connectivity index (χ2n) is 2.85. The summed E-state index contributed by atoms with van der Waals surface area (Å²) in [5.74, 6) is 0. The molecule has 2 bridgehead atoms. The van der Waals surface area contributed by atoms with Crippen LogP contribution < -0.4 is 11.3 Å². The molecular weight excluding hydrogens is 186 g/mol. The first kappa shape index (κ1) is 7.25. The molecule has 0 saturated heterocycles. The normalized spacial score (nSPS) is 11.4. The van der Waals surface area contributed by atoms with Crippen molar-refractivity contribution in [3.63, 3.8) is 0 Å². The smallest absolute Gasteiger partial charge is 0.402 e. The fraction of sp³-hybridized carbons (Fsp3) is 0. The van der Waals surface area contributed by atoms with Crippen LogP contribution in [0.25, 0.3) is 22.2 Å². The summed E-state index contributed by atoms with van der Waals surface area (Å²) in [7, 11) is 0. The molecule has 3 rings (SSSR count). The molecule has 3 aromatic rings. The zero-order valence-corrected chi connectivity index (χ0v) is 6.81. The lowest BCUT2D eigenvalue weighted by atomic mass is 10.2. The highest BCUT2D eigenvalue weighted by Gasteiger charge is 2.11. The van der Waals surface area contributed by atoms with E-state index in [0.717, 1.165) is 0 Å². The molecule has 0 aliphatic carbocycles. The van der Waals surface area contributed by atoms with Crippen LogP contribution in [-0.4, -0.2) is 4.98 Å². The largest absolute Gasteiger partial charge is 0.431 e. The molecule has 0 radical (unpaired) electrons. The topological polar surface area (TPSA) is 73.3 Å². The van der Waals surface area contributed by atoms with E-state index in [1.807, 2.05) is 0 Å². The Morgan fingerprint density at radius 3 is 2.79 bits per heavy atom. The van der Waals surface area contributed by atoms with Gasteiger partial charge in [0.25, 0.3) is 0 Å². The van der Waals surface area contributed by atoms with Gasteiger partial charge in [-0.05, 0) is 12.1 Å². The Balaban J connectivity index is 2.89. The Labute approximate surface area is 75.9 Å². The quantitative estimate of drug-likeness (QED) is 0.521. The third kappa shape index (κ3) is 0.756. The molecule has 5 nitrogen and oxygen atoms in total. The van der Waals surface area contributed by atoms with Gasteiger partial charge in [0.2, 0.25) is 0 Å². The van der Waals surface area contributed by atoms with Crippen LogP contribution in [0, 0.1) is 0 Å². The third-order valence-corrected chi connectivity index (χ3v) is 2.00. The van der Waals surface area contributed by atoms with Crippen molar-refractivity contribution in [3.05, 3.63) is 39.0 Å². The summed E-state index contributed by atoms with van der Waals surface area (Å²) in [6.45, 7) is 0. The first-order chi connectivity index (χ1) is 6.75. The average Bonchev–Trinajstić information content (AvgIpc) is 2.55. The number of aromatic nitrogens is 1. The molecule has 0 spiro atoms. The Kier molecular flexibility index (Phi) is 1.14. The second kappa shape index (κ2) is 2.20. The van der Waals surface area contributed by atoms with Gasteiger partial charge >= 0.3 is 17.0 Å². The van der Waals surface area contributed by atoms with E-state index in [1.54, 1.807) is 12.1 Å². The van der Waals surface area contributed by atoms with Gasteiger partial charge in [0.1, 0.15) is 5.52 Å². The molecule has 5 heteroatoms. The standard InChI is InChI=1S/C9H3NO4/c11-8-4-2-1-3-5-6(4)10-7(13-5)9(12)14-8/h1-3H. The molecule has 0 fully saturated rings. The third-order valence-electron chi connectivity index (χ3n) is 2.00. The predicted molar refractivity (Wildman–Crippen MR) is 47.5 cm³/mol. The maximum Gasteiger partial charge on any atom is 0.402 e. The highest BCUT2D eigenvalue weighted by atomic mass is 16.4. The monoisotopic (exact) mass is 189 g/mol. The first-order valence-corrected chi connectivity index (χ1v) is 3.92.